The molecule has 31 heavy (non-hydrogen) atoms. The maximum atomic E-state index is 13.2. The van der Waals surface area contributed by atoms with Crippen LogP contribution in [-0.4, -0.2) is 24.9 Å². The minimum atomic E-state index is -0.519. The van der Waals surface area contributed by atoms with Crippen molar-refractivity contribution in [2.24, 2.45) is 0 Å². The summed E-state index contributed by atoms with van der Waals surface area (Å²) in [6.45, 7) is 10.0. The first-order valence-electron chi connectivity index (χ1n) is 11.1. The van der Waals surface area contributed by atoms with Gasteiger partial charge in [-0.05, 0) is 63.1 Å². The number of ether oxygens (including phenoxy) is 3. The quantitative estimate of drug-likeness (QED) is 0.350. The molecular weight excluding hydrogens is 393 g/mol. The molecule has 1 aliphatic rings. The fourth-order valence-electron chi connectivity index (χ4n) is 3.72. The third-order valence-electron chi connectivity index (χ3n) is 5.46. The highest BCUT2D eigenvalue weighted by molar-refractivity contribution is 5.53. The van der Waals surface area contributed by atoms with Gasteiger partial charge in [0.2, 0.25) is 0 Å². The zero-order chi connectivity index (χ0) is 22.3. The first-order valence-corrected chi connectivity index (χ1v) is 11.1. The lowest BCUT2D eigenvalue weighted by Gasteiger charge is -2.44. The van der Waals surface area contributed by atoms with Gasteiger partial charge in [0.1, 0.15) is 29.4 Å². The predicted octanol–water partition coefficient (Wildman–Crippen LogP) is 6.43. The molecule has 168 valence electrons. The van der Waals surface area contributed by atoms with E-state index in [9.17, 15) is 4.39 Å². The molecule has 0 aromatic heterocycles. The molecule has 2 aromatic rings. The van der Waals surface area contributed by atoms with Crippen molar-refractivity contribution in [1.29, 1.82) is 0 Å². The number of hydrogen-bond acceptors (Lipinski definition) is 4. The topological polar surface area (TPSA) is 39.7 Å². The average Bonchev–Trinajstić information content (AvgIpc) is 2.75. The molecule has 1 N–H and O–H groups in total. The van der Waals surface area contributed by atoms with Crippen LogP contribution in [0.3, 0.4) is 0 Å². The first-order chi connectivity index (χ1) is 14.9. The maximum absolute atomic E-state index is 13.2. The van der Waals surface area contributed by atoms with Crippen LogP contribution in [0, 0.1) is 5.82 Å². The second-order valence-electron chi connectivity index (χ2n) is 8.41. The number of benzene rings is 2. The summed E-state index contributed by atoms with van der Waals surface area (Å²) in [5.41, 5.74) is 2.45. The van der Waals surface area contributed by atoms with Crippen LogP contribution in [0.4, 0.5) is 10.1 Å². The van der Waals surface area contributed by atoms with E-state index in [1.165, 1.54) is 12.1 Å². The predicted molar refractivity (Wildman–Crippen MR) is 123 cm³/mol. The molecule has 2 aromatic carbocycles. The number of nitrogens with one attached hydrogen (secondary N) is 1. The van der Waals surface area contributed by atoms with Crippen LogP contribution in [-0.2, 0) is 16.0 Å². The van der Waals surface area contributed by atoms with Gasteiger partial charge in [-0.25, -0.2) is 4.39 Å². The van der Waals surface area contributed by atoms with Gasteiger partial charge in [-0.3, -0.25) is 0 Å². The summed E-state index contributed by atoms with van der Waals surface area (Å²) < 4.78 is 32.1. The minimum absolute atomic E-state index is 0.219. The van der Waals surface area contributed by atoms with Crippen LogP contribution >= 0.6 is 0 Å². The van der Waals surface area contributed by atoms with Crippen LogP contribution in [0.2, 0.25) is 0 Å². The van der Waals surface area contributed by atoms with E-state index in [4.69, 9.17) is 14.2 Å². The maximum Gasteiger partial charge on any atom is 0.132 e. The van der Waals surface area contributed by atoms with Crippen LogP contribution in [0.1, 0.15) is 57.8 Å². The van der Waals surface area contributed by atoms with Gasteiger partial charge in [0.25, 0.3) is 0 Å². The molecule has 4 nitrogen and oxygen atoms in total. The normalized spacial score (nSPS) is 19.8. The van der Waals surface area contributed by atoms with Gasteiger partial charge in [0.15, 0.2) is 0 Å². The molecular formula is C26H34FNO3. The van der Waals surface area contributed by atoms with Gasteiger partial charge >= 0.3 is 0 Å². The number of unbranched alkanes of at least 4 members (excludes halogenated alkanes) is 1. The molecule has 2 unspecified atom stereocenters. The van der Waals surface area contributed by atoms with Crippen molar-refractivity contribution in [2.75, 3.05) is 18.5 Å². The van der Waals surface area contributed by atoms with E-state index >= 15 is 0 Å². The Morgan fingerprint density at radius 2 is 1.90 bits per heavy atom. The van der Waals surface area contributed by atoms with Gasteiger partial charge < -0.3 is 19.5 Å². The largest absolute Gasteiger partial charge is 0.485 e. The highest BCUT2D eigenvalue weighted by Gasteiger charge is 2.45. The monoisotopic (exact) mass is 427 g/mol. The average molecular weight is 428 g/mol. The molecule has 1 heterocycles. The molecule has 0 amide bonds. The summed E-state index contributed by atoms with van der Waals surface area (Å²) >= 11 is 0. The molecule has 0 radical (unpaired) electrons. The second-order valence-corrected chi connectivity index (χ2v) is 8.41. The van der Waals surface area contributed by atoms with Crippen LogP contribution < -0.4 is 10.1 Å². The van der Waals surface area contributed by atoms with Crippen molar-refractivity contribution < 1.29 is 18.6 Å². The first kappa shape index (κ1) is 23.3. The zero-order valence-electron chi connectivity index (χ0n) is 19.0. The Kier molecular flexibility index (Phi) is 8.10. The lowest BCUT2D eigenvalue weighted by Crippen LogP contribution is -2.51. The standard InChI is InChI=1S/C26H34FNO3/c1-5-7-15-29-24-22-17-21(28-18-19-9-11-20(27)12-10-19)13-14-23(22)31-26(3,4)25(24)30-16-8-6-2/h6,8-14,17,24-25,28H,5,7,15-16,18H2,1-4H3. The van der Waals surface area contributed by atoms with E-state index in [1.807, 2.05) is 45.1 Å². The molecule has 0 saturated heterocycles. The minimum Gasteiger partial charge on any atom is -0.485 e. The van der Waals surface area contributed by atoms with E-state index < -0.39 is 5.60 Å². The number of anilines is 1. The fourth-order valence-corrected chi connectivity index (χ4v) is 3.72. The Hall–Kier alpha value is -2.37. The van der Waals surface area contributed by atoms with Gasteiger partial charge in [-0.15, -0.1) is 0 Å². The van der Waals surface area contributed by atoms with Gasteiger partial charge in [-0.1, -0.05) is 37.6 Å². The third kappa shape index (κ3) is 6.08. The molecule has 0 bridgehead atoms. The second kappa shape index (κ2) is 10.8. The Morgan fingerprint density at radius 3 is 2.61 bits per heavy atom. The van der Waals surface area contributed by atoms with Gasteiger partial charge in [-0.2, -0.15) is 0 Å². The molecule has 1 aliphatic heterocycles. The Balaban J connectivity index is 1.83. The lowest BCUT2D eigenvalue weighted by molar-refractivity contribution is -0.157. The number of allylic oxidation sites excluding steroid dienone is 1. The van der Waals surface area contributed by atoms with E-state index in [-0.39, 0.29) is 18.0 Å². The molecule has 5 heteroatoms. The summed E-state index contributed by atoms with van der Waals surface area (Å²) in [4.78, 5) is 0. The van der Waals surface area contributed by atoms with Crippen LogP contribution in [0.25, 0.3) is 0 Å². The van der Waals surface area contributed by atoms with Crippen LogP contribution in [0.5, 0.6) is 5.75 Å². The van der Waals surface area contributed by atoms with Crippen molar-refractivity contribution in [1.82, 2.24) is 0 Å². The van der Waals surface area contributed by atoms with E-state index in [0.29, 0.717) is 19.8 Å². The molecule has 0 saturated carbocycles. The SMILES string of the molecule is CC=CCOC1C(OCCCC)c2cc(NCc3ccc(F)cc3)ccc2OC1(C)C. The molecule has 0 fully saturated rings. The van der Waals surface area contributed by atoms with Crippen molar-refractivity contribution in [3.63, 3.8) is 0 Å². The number of rotatable bonds is 10. The summed E-state index contributed by atoms with van der Waals surface area (Å²) in [5, 5.41) is 3.42. The van der Waals surface area contributed by atoms with Gasteiger partial charge in [0, 0.05) is 24.4 Å². The van der Waals surface area contributed by atoms with Crippen molar-refractivity contribution in [2.45, 2.75) is 64.9 Å². The van der Waals surface area contributed by atoms with Crippen molar-refractivity contribution >= 4 is 5.69 Å². The zero-order valence-corrected chi connectivity index (χ0v) is 19.0. The molecule has 0 aliphatic carbocycles. The highest BCUT2D eigenvalue weighted by atomic mass is 19.1. The number of halogens is 1. The highest BCUT2D eigenvalue weighted by Crippen LogP contribution is 2.44. The van der Waals surface area contributed by atoms with Gasteiger partial charge in [0.05, 0.1) is 6.61 Å². The third-order valence-corrected chi connectivity index (χ3v) is 5.46. The summed E-state index contributed by atoms with van der Waals surface area (Å²) in [5.74, 6) is 0.595. The van der Waals surface area contributed by atoms with E-state index in [2.05, 4.69) is 18.3 Å². The summed E-state index contributed by atoms with van der Waals surface area (Å²) in [7, 11) is 0. The number of fused-ring (bicyclic) bond motifs is 1. The summed E-state index contributed by atoms with van der Waals surface area (Å²) in [6.07, 6.45) is 5.59. The van der Waals surface area contributed by atoms with E-state index in [1.54, 1.807) is 12.1 Å². The molecule has 2 atom stereocenters. The van der Waals surface area contributed by atoms with Crippen molar-refractivity contribution in [3.05, 3.63) is 71.6 Å². The number of hydrogen-bond donors (Lipinski definition) is 1. The Bertz CT molecular complexity index is 863. The van der Waals surface area contributed by atoms with Crippen molar-refractivity contribution in [3.8, 4) is 5.75 Å². The molecule has 0 spiro atoms. The van der Waals surface area contributed by atoms with Crippen LogP contribution in [0.15, 0.2) is 54.6 Å². The fraction of sp³-hybridized carbons (Fsp3) is 0.462. The Morgan fingerprint density at radius 1 is 1.13 bits per heavy atom. The Labute approximate surface area is 185 Å². The molecule has 3 rings (SSSR count). The summed E-state index contributed by atoms with van der Waals surface area (Å²) in [6, 6.07) is 12.6. The van der Waals surface area contributed by atoms with E-state index in [0.717, 1.165) is 35.4 Å². The smallest absolute Gasteiger partial charge is 0.132 e. The lowest BCUT2D eigenvalue weighted by atomic mass is 9.87.